The van der Waals surface area contributed by atoms with Gasteiger partial charge in [-0.05, 0) is 63.7 Å². The van der Waals surface area contributed by atoms with Gasteiger partial charge in [-0.1, -0.05) is 61.6 Å². The van der Waals surface area contributed by atoms with Gasteiger partial charge >= 0.3 is 11.9 Å². The Balaban J connectivity index is 2.22. The van der Waals surface area contributed by atoms with Gasteiger partial charge in [0.1, 0.15) is 17.8 Å². The number of esters is 2. The molecule has 3 N–H and O–H groups in total. The number of aliphatic hydroxyl groups is 3. The molecule has 2 rings (SSSR count). The van der Waals surface area contributed by atoms with Crippen LogP contribution in [0.25, 0.3) is 0 Å². The number of cyclic esters (lactones) is 1. The third-order valence-corrected chi connectivity index (χ3v) is 6.64. The monoisotopic (exact) mass is 514 g/mol. The zero-order chi connectivity index (χ0) is 27.6. The normalized spacial score (nSPS) is 30.5. The van der Waals surface area contributed by atoms with Crippen LogP contribution in [0.1, 0.15) is 65.9 Å². The highest BCUT2D eigenvalue weighted by Gasteiger charge is 2.35. The summed E-state index contributed by atoms with van der Waals surface area (Å²) in [5, 5.41) is 32.0. The second-order valence-corrected chi connectivity index (χ2v) is 10.6. The molecule has 0 amide bonds. The number of aliphatic hydroxyl groups excluding tert-OH is 1. The van der Waals surface area contributed by atoms with E-state index in [0.717, 1.165) is 17.6 Å². The van der Waals surface area contributed by atoms with Gasteiger partial charge in [-0.2, -0.15) is 0 Å². The first-order valence-electron chi connectivity index (χ1n) is 12.9. The van der Waals surface area contributed by atoms with E-state index in [0.29, 0.717) is 6.42 Å². The van der Waals surface area contributed by atoms with Crippen molar-refractivity contribution in [2.24, 2.45) is 5.92 Å². The molecular formula is C30H42O7. The summed E-state index contributed by atoms with van der Waals surface area (Å²) >= 11 is 0. The molecule has 1 aliphatic rings. The van der Waals surface area contributed by atoms with Gasteiger partial charge < -0.3 is 24.8 Å². The zero-order valence-corrected chi connectivity index (χ0v) is 22.6. The lowest BCUT2D eigenvalue weighted by atomic mass is 9.88. The highest BCUT2D eigenvalue weighted by Crippen LogP contribution is 2.27. The fourth-order valence-electron chi connectivity index (χ4n) is 4.26. The maximum absolute atomic E-state index is 12.6. The number of hydrogen-bond acceptors (Lipinski definition) is 7. The van der Waals surface area contributed by atoms with Crippen LogP contribution in [-0.2, 0) is 25.5 Å². The Morgan fingerprint density at radius 2 is 1.92 bits per heavy atom. The van der Waals surface area contributed by atoms with E-state index in [2.05, 4.69) is 0 Å². The number of carbonyl (C=O) groups excluding carboxylic acids is 2. The molecule has 1 aromatic rings. The van der Waals surface area contributed by atoms with Crippen molar-refractivity contribution in [3.8, 4) is 0 Å². The van der Waals surface area contributed by atoms with Crippen LogP contribution < -0.4 is 0 Å². The van der Waals surface area contributed by atoms with Crippen LogP contribution >= 0.6 is 0 Å². The number of rotatable bonds is 7. The van der Waals surface area contributed by atoms with Gasteiger partial charge in [0.2, 0.25) is 0 Å². The molecule has 0 aliphatic carbocycles. The summed E-state index contributed by atoms with van der Waals surface area (Å²) in [5.74, 6) is -1.39. The molecule has 7 nitrogen and oxygen atoms in total. The number of allylic oxidation sites excluding steroid dienone is 2. The van der Waals surface area contributed by atoms with E-state index in [1.807, 2.05) is 44.2 Å². The Bertz CT molecular complexity index is 975. The molecule has 0 radical (unpaired) electrons. The van der Waals surface area contributed by atoms with Crippen molar-refractivity contribution in [1.82, 2.24) is 0 Å². The minimum Gasteiger partial charge on any atom is -0.457 e. The van der Waals surface area contributed by atoms with E-state index in [1.54, 1.807) is 44.2 Å². The van der Waals surface area contributed by atoms with E-state index in [1.165, 1.54) is 6.92 Å². The summed E-state index contributed by atoms with van der Waals surface area (Å²) < 4.78 is 11.1. The molecule has 1 unspecified atom stereocenters. The molecule has 0 saturated heterocycles. The molecule has 204 valence electrons. The van der Waals surface area contributed by atoms with Crippen molar-refractivity contribution < 1.29 is 34.4 Å². The topological polar surface area (TPSA) is 113 Å². The molecule has 0 spiro atoms. The van der Waals surface area contributed by atoms with Gasteiger partial charge in [0.15, 0.2) is 0 Å². The standard InChI is InChI=1S/C30H42O7/c1-21(10-9-17-29(4,34)18-15-24-11-7-6-8-12-24)28-22(2)13-14-26(36-23(3)31)30(5,35)19-16-25(32)20-27(33)37-28/h6-14,17,22,25-26,28,32,34-35H,15-16,18-20H2,1-5H3/b14-13-,17-9+,21-10+/t22-,25+,26+,28+,29?,30+/m0/s1. The highest BCUT2D eigenvalue weighted by atomic mass is 16.6. The lowest BCUT2D eigenvalue weighted by Crippen LogP contribution is -2.42. The van der Waals surface area contributed by atoms with Crippen LogP contribution in [0.5, 0.6) is 0 Å². The Labute approximate surface area is 220 Å². The second-order valence-electron chi connectivity index (χ2n) is 10.6. The molecular weight excluding hydrogens is 472 g/mol. The van der Waals surface area contributed by atoms with E-state index in [9.17, 15) is 24.9 Å². The van der Waals surface area contributed by atoms with Crippen molar-refractivity contribution in [2.75, 3.05) is 0 Å². The molecule has 37 heavy (non-hydrogen) atoms. The van der Waals surface area contributed by atoms with Gasteiger partial charge in [-0.3, -0.25) is 9.59 Å². The molecule has 0 saturated carbocycles. The minimum atomic E-state index is -1.42. The highest BCUT2D eigenvalue weighted by molar-refractivity contribution is 5.70. The molecule has 0 bridgehead atoms. The number of carbonyl (C=O) groups is 2. The van der Waals surface area contributed by atoms with Gasteiger partial charge in [-0.15, -0.1) is 0 Å². The van der Waals surface area contributed by atoms with Crippen molar-refractivity contribution in [3.63, 3.8) is 0 Å². The predicted molar refractivity (Wildman–Crippen MR) is 143 cm³/mol. The molecule has 0 fully saturated rings. The van der Waals surface area contributed by atoms with Crippen molar-refractivity contribution >= 4 is 11.9 Å². The van der Waals surface area contributed by atoms with Crippen LogP contribution in [0.3, 0.4) is 0 Å². The number of benzene rings is 1. The fourth-order valence-corrected chi connectivity index (χ4v) is 4.26. The van der Waals surface area contributed by atoms with Crippen LogP contribution in [0, 0.1) is 5.92 Å². The first-order chi connectivity index (χ1) is 17.3. The van der Waals surface area contributed by atoms with Crippen molar-refractivity contribution in [3.05, 3.63) is 71.8 Å². The average molecular weight is 515 g/mol. The Hall–Kier alpha value is -2.74. The minimum absolute atomic E-state index is 0.134. The van der Waals surface area contributed by atoms with Crippen molar-refractivity contribution in [1.29, 1.82) is 0 Å². The molecule has 0 aromatic heterocycles. The van der Waals surface area contributed by atoms with Gasteiger partial charge in [0, 0.05) is 12.8 Å². The van der Waals surface area contributed by atoms with Crippen LogP contribution in [0.2, 0.25) is 0 Å². The zero-order valence-electron chi connectivity index (χ0n) is 22.6. The second kappa shape index (κ2) is 13.7. The summed E-state index contributed by atoms with van der Waals surface area (Å²) in [6, 6.07) is 9.96. The maximum atomic E-state index is 12.6. The van der Waals surface area contributed by atoms with Crippen LogP contribution in [0.15, 0.2) is 66.3 Å². The largest absolute Gasteiger partial charge is 0.457 e. The van der Waals surface area contributed by atoms with E-state index < -0.39 is 41.5 Å². The van der Waals surface area contributed by atoms with E-state index >= 15 is 0 Å². The first kappa shape index (κ1) is 30.5. The lowest BCUT2D eigenvalue weighted by Gasteiger charge is -2.32. The van der Waals surface area contributed by atoms with Gasteiger partial charge in [0.05, 0.1) is 18.1 Å². The molecule has 1 aliphatic heterocycles. The summed E-state index contributed by atoms with van der Waals surface area (Å²) in [6.45, 7) is 8.25. The lowest BCUT2D eigenvalue weighted by molar-refractivity contribution is -0.157. The first-order valence-corrected chi connectivity index (χ1v) is 12.9. The summed E-state index contributed by atoms with van der Waals surface area (Å²) in [4.78, 5) is 24.2. The summed E-state index contributed by atoms with van der Waals surface area (Å²) in [7, 11) is 0. The van der Waals surface area contributed by atoms with Gasteiger partial charge in [-0.25, -0.2) is 0 Å². The number of aryl methyl sites for hydroxylation is 1. The van der Waals surface area contributed by atoms with Crippen LogP contribution in [-0.4, -0.2) is 56.8 Å². The third-order valence-electron chi connectivity index (χ3n) is 6.64. The SMILES string of the molecule is CC(=O)O[C@@H]1/C=C\[C@H](C)[C@@H](/C(C)=C/C=C/C(C)(O)CCc2ccccc2)OC(=O)C[C@H](O)CC[C@@]1(C)O. The Morgan fingerprint density at radius 1 is 1.24 bits per heavy atom. The average Bonchev–Trinajstić information content (AvgIpc) is 2.82. The third kappa shape index (κ3) is 10.6. The van der Waals surface area contributed by atoms with Gasteiger partial charge in [0.25, 0.3) is 0 Å². The quantitative estimate of drug-likeness (QED) is 0.284. The smallest absolute Gasteiger partial charge is 0.309 e. The van der Waals surface area contributed by atoms with E-state index in [4.69, 9.17) is 9.47 Å². The fraction of sp³-hybridized carbons (Fsp3) is 0.533. The number of hydrogen-bond donors (Lipinski definition) is 3. The van der Waals surface area contributed by atoms with E-state index in [-0.39, 0.29) is 25.2 Å². The molecule has 1 aromatic carbocycles. The summed E-state index contributed by atoms with van der Waals surface area (Å²) in [6.07, 6.45) is 7.41. The van der Waals surface area contributed by atoms with Crippen LogP contribution in [0.4, 0.5) is 0 Å². The molecule has 1 heterocycles. The predicted octanol–water partition coefficient (Wildman–Crippen LogP) is 4.20. The Morgan fingerprint density at radius 3 is 2.57 bits per heavy atom. The molecule has 7 heteroatoms. The molecule has 6 atom stereocenters. The Kier molecular flexibility index (Phi) is 11.3. The number of ether oxygens (including phenoxy) is 2. The summed E-state index contributed by atoms with van der Waals surface area (Å²) in [5.41, 5.74) is -0.547. The maximum Gasteiger partial charge on any atom is 0.309 e. The van der Waals surface area contributed by atoms with Crippen molar-refractivity contribution in [2.45, 2.75) is 96.2 Å².